The molecule has 2 N–H and O–H groups in total. The summed E-state index contributed by atoms with van der Waals surface area (Å²) in [5, 5.41) is 0.695. The lowest BCUT2D eigenvalue weighted by Gasteiger charge is -2.08. The Morgan fingerprint density at radius 2 is 1.69 bits per heavy atom. The van der Waals surface area contributed by atoms with E-state index in [1.807, 2.05) is 0 Å². The molecule has 26 heavy (non-hydrogen) atoms. The molecule has 0 aliphatic carbocycles. The van der Waals surface area contributed by atoms with Crippen LogP contribution in [0, 0.1) is 18.6 Å². The summed E-state index contributed by atoms with van der Waals surface area (Å²) in [5.74, 6) is 0.0768. The summed E-state index contributed by atoms with van der Waals surface area (Å²) in [6.45, 7) is 1.77. The van der Waals surface area contributed by atoms with E-state index in [1.165, 1.54) is 29.5 Å². The SMILES string of the molecule is Cc1nc(N)c2c(-c3ccc(F)c(Cl)c3)c(-c3ccc(F)cc3)sc2n1. The van der Waals surface area contributed by atoms with Crippen LogP contribution in [0.25, 0.3) is 31.8 Å². The molecule has 0 amide bonds. The summed E-state index contributed by atoms with van der Waals surface area (Å²) >= 11 is 7.41. The molecule has 130 valence electrons. The number of nitrogens with two attached hydrogens (primary N) is 1. The maximum atomic E-state index is 13.6. The standard InChI is InChI=1S/C19H12ClF2N3S/c1-9-24-18(23)16-15(11-4-7-14(22)13(20)8-11)17(26-19(16)25-9)10-2-5-12(21)6-3-10/h2-8H,1H3,(H2,23,24,25). The predicted molar refractivity (Wildman–Crippen MR) is 102 cm³/mol. The normalized spacial score (nSPS) is 11.2. The molecule has 0 saturated heterocycles. The smallest absolute Gasteiger partial charge is 0.141 e. The van der Waals surface area contributed by atoms with Crippen molar-refractivity contribution in [1.29, 1.82) is 0 Å². The van der Waals surface area contributed by atoms with Gasteiger partial charge < -0.3 is 5.73 Å². The Bertz CT molecular complexity index is 1140. The van der Waals surface area contributed by atoms with E-state index >= 15 is 0 Å². The molecular weight excluding hydrogens is 376 g/mol. The molecule has 2 heterocycles. The number of anilines is 1. The van der Waals surface area contributed by atoms with Crippen LogP contribution >= 0.6 is 22.9 Å². The van der Waals surface area contributed by atoms with Gasteiger partial charge in [0.1, 0.15) is 28.1 Å². The van der Waals surface area contributed by atoms with Crippen LogP contribution in [0.15, 0.2) is 42.5 Å². The van der Waals surface area contributed by atoms with Crippen LogP contribution in [0.2, 0.25) is 5.02 Å². The van der Waals surface area contributed by atoms with Crippen LogP contribution in [0.5, 0.6) is 0 Å². The number of halogens is 3. The highest BCUT2D eigenvalue weighted by Gasteiger charge is 2.20. The number of nitrogen functional groups attached to an aromatic ring is 1. The van der Waals surface area contributed by atoms with E-state index in [4.69, 9.17) is 17.3 Å². The molecule has 0 spiro atoms. The summed E-state index contributed by atoms with van der Waals surface area (Å²) in [7, 11) is 0. The van der Waals surface area contributed by atoms with Crippen LogP contribution in [0.3, 0.4) is 0 Å². The molecule has 0 bridgehead atoms. The first-order valence-electron chi connectivity index (χ1n) is 7.72. The minimum atomic E-state index is -0.502. The van der Waals surface area contributed by atoms with Gasteiger partial charge in [0, 0.05) is 10.4 Å². The number of nitrogens with zero attached hydrogens (tertiary/aromatic N) is 2. The van der Waals surface area contributed by atoms with E-state index in [9.17, 15) is 8.78 Å². The van der Waals surface area contributed by atoms with Crippen LogP contribution in [-0.2, 0) is 0 Å². The van der Waals surface area contributed by atoms with Gasteiger partial charge in [-0.2, -0.15) is 0 Å². The topological polar surface area (TPSA) is 51.8 Å². The largest absolute Gasteiger partial charge is 0.383 e. The maximum Gasteiger partial charge on any atom is 0.141 e. The highest BCUT2D eigenvalue weighted by Crippen LogP contribution is 2.46. The lowest BCUT2D eigenvalue weighted by Crippen LogP contribution is -1.96. The van der Waals surface area contributed by atoms with Crippen molar-refractivity contribution >= 4 is 39.0 Å². The first-order valence-corrected chi connectivity index (χ1v) is 8.91. The van der Waals surface area contributed by atoms with Crippen LogP contribution in [0.4, 0.5) is 14.6 Å². The summed E-state index contributed by atoms with van der Waals surface area (Å²) in [6, 6.07) is 10.6. The summed E-state index contributed by atoms with van der Waals surface area (Å²) in [5.41, 5.74) is 8.43. The van der Waals surface area contributed by atoms with Crippen molar-refractivity contribution in [1.82, 2.24) is 9.97 Å². The summed E-state index contributed by atoms with van der Waals surface area (Å²) < 4.78 is 27.0. The number of fused-ring (bicyclic) bond motifs is 1. The Morgan fingerprint density at radius 1 is 1.00 bits per heavy atom. The Morgan fingerprint density at radius 3 is 2.38 bits per heavy atom. The Balaban J connectivity index is 2.09. The molecule has 0 aliphatic heterocycles. The highest BCUT2D eigenvalue weighted by atomic mass is 35.5. The Kier molecular flexibility index (Phi) is 4.09. The monoisotopic (exact) mass is 387 g/mol. The zero-order valence-corrected chi connectivity index (χ0v) is 15.1. The third kappa shape index (κ3) is 2.81. The number of aryl methyl sites for hydroxylation is 1. The molecule has 0 fully saturated rings. The minimum absolute atomic E-state index is 0.0125. The van der Waals surface area contributed by atoms with Gasteiger partial charge in [0.25, 0.3) is 0 Å². The fourth-order valence-corrected chi connectivity index (χ4v) is 4.31. The maximum absolute atomic E-state index is 13.6. The molecule has 2 aromatic heterocycles. The molecule has 0 atom stereocenters. The number of rotatable bonds is 2. The lowest BCUT2D eigenvalue weighted by atomic mass is 9.99. The van der Waals surface area contributed by atoms with E-state index in [0.717, 1.165) is 16.0 Å². The number of thiophene rings is 1. The number of hydrogen-bond acceptors (Lipinski definition) is 4. The molecule has 0 unspecified atom stereocenters. The van der Waals surface area contributed by atoms with E-state index in [2.05, 4.69) is 9.97 Å². The lowest BCUT2D eigenvalue weighted by molar-refractivity contribution is 0.628. The van der Waals surface area contributed by atoms with E-state index < -0.39 is 5.82 Å². The van der Waals surface area contributed by atoms with Gasteiger partial charge in [-0.3, -0.25) is 0 Å². The van der Waals surface area contributed by atoms with Crippen LogP contribution in [0.1, 0.15) is 5.82 Å². The average molecular weight is 388 g/mol. The van der Waals surface area contributed by atoms with Crippen molar-refractivity contribution in [3.63, 3.8) is 0 Å². The summed E-state index contributed by atoms with van der Waals surface area (Å²) in [6.07, 6.45) is 0. The van der Waals surface area contributed by atoms with Gasteiger partial charge in [-0.25, -0.2) is 18.7 Å². The van der Waals surface area contributed by atoms with Gasteiger partial charge in [-0.1, -0.05) is 29.8 Å². The Labute approximate surface area is 157 Å². The molecule has 0 radical (unpaired) electrons. The summed E-state index contributed by atoms with van der Waals surface area (Å²) in [4.78, 5) is 10.3. The molecule has 2 aromatic carbocycles. The van der Waals surface area contributed by atoms with Gasteiger partial charge in [0.05, 0.1) is 10.4 Å². The molecule has 0 saturated carbocycles. The third-order valence-electron chi connectivity index (χ3n) is 4.01. The van der Waals surface area contributed by atoms with Gasteiger partial charge in [-0.05, 0) is 42.3 Å². The molecule has 7 heteroatoms. The third-order valence-corrected chi connectivity index (χ3v) is 5.43. The first kappa shape index (κ1) is 16.9. The number of benzene rings is 2. The van der Waals surface area contributed by atoms with Gasteiger partial charge >= 0.3 is 0 Å². The van der Waals surface area contributed by atoms with Gasteiger partial charge in [0.2, 0.25) is 0 Å². The van der Waals surface area contributed by atoms with Crippen molar-refractivity contribution in [3.05, 3.63) is 64.9 Å². The molecule has 4 rings (SSSR count). The fourth-order valence-electron chi connectivity index (χ4n) is 2.87. The zero-order valence-electron chi connectivity index (χ0n) is 13.6. The first-order chi connectivity index (χ1) is 12.4. The minimum Gasteiger partial charge on any atom is -0.383 e. The average Bonchev–Trinajstić information content (AvgIpc) is 2.97. The van der Waals surface area contributed by atoms with Crippen molar-refractivity contribution < 1.29 is 8.78 Å². The van der Waals surface area contributed by atoms with Crippen molar-refractivity contribution in [3.8, 4) is 21.6 Å². The zero-order chi connectivity index (χ0) is 18.4. The highest BCUT2D eigenvalue weighted by molar-refractivity contribution is 7.22. The molecule has 0 aliphatic rings. The van der Waals surface area contributed by atoms with Gasteiger partial charge in [-0.15, -0.1) is 11.3 Å². The second-order valence-corrected chi connectivity index (χ2v) is 7.18. The second-order valence-electron chi connectivity index (χ2n) is 5.78. The van der Waals surface area contributed by atoms with Gasteiger partial charge in [0.15, 0.2) is 0 Å². The molecule has 4 aromatic rings. The Hall–Kier alpha value is -2.57. The van der Waals surface area contributed by atoms with Crippen LogP contribution in [-0.4, -0.2) is 9.97 Å². The fraction of sp³-hybridized carbons (Fsp3) is 0.0526. The molecular formula is C19H12ClF2N3S. The van der Waals surface area contributed by atoms with E-state index in [0.29, 0.717) is 27.4 Å². The van der Waals surface area contributed by atoms with Crippen molar-refractivity contribution in [2.75, 3.05) is 5.73 Å². The quantitative estimate of drug-likeness (QED) is 0.469. The number of hydrogen-bond donors (Lipinski definition) is 1. The van der Waals surface area contributed by atoms with E-state index in [-0.39, 0.29) is 10.8 Å². The van der Waals surface area contributed by atoms with Crippen molar-refractivity contribution in [2.45, 2.75) is 6.92 Å². The van der Waals surface area contributed by atoms with Crippen molar-refractivity contribution in [2.24, 2.45) is 0 Å². The van der Waals surface area contributed by atoms with Crippen LogP contribution < -0.4 is 5.73 Å². The molecule has 3 nitrogen and oxygen atoms in total. The second kappa shape index (κ2) is 6.30. The number of aromatic nitrogens is 2. The predicted octanol–water partition coefficient (Wildman–Crippen LogP) is 5.85. The van der Waals surface area contributed by atoms with E-state index in [1.54, 1.807) is 31.2 Å².